The SMILES string of the molecule is CC1CN(C(=O)NCc2ccc(Cl)cc2)CC(C)O1. The molecule has 0 radical (unpaired) electrons. The van der Waals surface area contributed by atoms with Crippen LogP contribution in [0.5, 0.6) is 0 Å². The van der Waals surface area contributed by atoms with E-state index >= 15 is 0 Å². The van der Waals surface area contributed by atoms with Gasteiger partial charge in [-0.25, -0.2) is 4.79 Å². The van der Waals surface area contributed by atoms with E-state index in [1.165, 1.54) is 0 Å². The first-order valence-corrected chi connectivity index (χ1v) is 6.85. The maximum absolute atomic E-state index is 12.1. The molecular formula is C14H19ClN2O2. The molecule has 0 aromatic heterocycles. The van der Waals surface area contributed by atoms with Crippen LogP contribution in [0.3, 0.4) is 0 Å². The van der Waals surface area contributed by atoms with E-state index < -0.39 is 0 Å². The largest absolute Gasteiger partial charge is 0.372 e. The summed E-state index contributed by atoms with van der Waals surface area (Å²) in [5.74, 6) is 0. The fraction of sp³-hybridized carbons (Fsp3) is 0.500. The molecule has 1 aliphatic heterocycles. The van der Waals surface area contributed by atoms with Crippen LogP contribution in [0.2, 0.25) is 5.02 Å². The van der Waals surface area contributed by atoms with Gasteiger partial charge >= 0.3 is 6.03 Å². The van der Waals surface area contributed by atoms with Crippen LogP contribution in [-0.2, 0) is 11.3 Å². The second kappa shape index (κ2) is 6.26. The molecule has 1 N–H and O–H groups in total. The van der Waals surface area contributed by atoms with E-state index in [0.29, 0.717) is 24.7 Å². The Labute approximate surface area is 118 Å². The van der Waals surface area contributed by atoms with Crippen LogP contribution >= 0.6 is 11.6 Å². The van der Waals surface area contributed by atoms with E-state index in [1.54, 1.807) is 4.90 Å². The average Bonchev–Trinajstić information content (AvgIpc) is 2.36. The van der Waals surface area contributed by atoms with E-state index in [1.807, 2.05) is 38.1 Å². The summed E-state index contributed by atoms with van der Waals surface area (Å²) in [4.78, 5) is 13.9. The highest BCUT2D eigenvalue weighted by Gasteiger charge is 2.25. The number of morpholine rings is 1. The van der Waals surface area contributed by atoms with Crippen LogP contribution in [-0.4, -0.2) is 36.2 Å². The second-order valence-corrected chi connectivity index (χ2v) is 5.38. The average molecular weight is 283 g/mol. The highest BCUT2D eigenvalue weighted by atomic mass is 35.5. The Morgan fingerprint density at radius 2 is 1.89 bits per heavy atom. The summed E-state index contributed by atoms with van der Waals surface area (Å²) in [5, 5.41) is 3.62. The Balaban J connectivity index is 1.85. The number of nitrogens with one attached hydrogen (secondary N) is 1. The molecule has 0 spiro atoms. The van der Waals surface area contributed by atoms with Crippen LogP contribution in [0.15, 0.2) is 24.3 Å². The number of nitrogens with zero attached hydrogens (tertiary/aromatic N) is 1. The van der Waals surface area contributed by atoms with Gasteiger partial charge in [-0.2, -0.15) is 0 Å². The van der Waals surface area contributed by atoms with E-state index in [9.17, 15) is 4.79 Å². The number of amides is 2. The molecule has 1 heterocycles. The zero-order valence-electron chi connectivity index (χ0n) is 11.2. The first kappa shape index (κ1) is 14.2. The van der Waals surface area contributed by atoms with Gasteiger partial charge in [0.15, 0.2) is 0 Å². The third-order valence-electron chi connectivity index (χ3n) is 3.06. The van der Waals surface area contributed by atoms with Crippen molar-refractivity contribution in [3.05, 3.63) is 34.9 Å². The van der Waals surface area contributed by atoms with Crippen LogP contribution in [0, 0.1) is 0 Å². The van der Waals surface area contributed by atoms with E-state index in [-0.39, 0.29) is 18.2 Å². The van der Waals surface area contributed by atoms with Gasteiger partial charge in [-0.05, 0) is 31.5 Å². The van der Waals surface area contributed by atoms with Crippen molar-refractivity contribution < 1.29 is 9.53 Å². The number of ether oxygens (including phenoxy) is 1. The number of carbonyl (C=O) groups is 1. The molecular weight excluding hydrogens is 264 g/mol. The molecule has 0 aliphatic carbocycles. The second-order valence-electron chi connectivity index (χ2n) is 4.95. The van der Waals surface area contributed by atoms with Crippen molar-refractivity contribution in [3.63, 3.8) is 0 Å². The molecule has 19 heavy (non-hydrogen) atoms. The summed E-state index contributed by atoms with van der Waals surface area (Å²) in [6, 6.07) is 7.42. The van der Waals surface area contributed by atoms with E-state index in [2.05, 4.69) is 5.32 Å². The Morgan fingerprint density at radius 3 is 2.47 bits per heavy atom. The fourth-order valence-corrected chi connectivity index (χ4v) is 2.36. The van der Waals surface area contributed by atoms with Crippen LogP contribution < -0.4 is 5.32 Å². The summed E-state index contributed by atoms with van der Waals surface area (Å²) >= 11 is 5.82. The highest BCUT2D eigenvalue weighted by molar-refractivity contribution is 6.30. The van der Waals surface area contributed by atoms with Crippen LogP contribution in [0.4, 0.5) is 4.79 Å². The molecule has 1 aromatic rings. The minimum Gasteiger partial charge on any atom is -0.372 e. The zero-order chi connectivity index (χ0) is 13.8. The molecule has 2 amide bonds. The van der Waals surface area contributed by atoms with Crippen LogP contribution in [0.25, 0.3) is 0 Å². The van der Waals surface area contributed by atoms with E-state index in [0.717, 1.165) is 5.56 Å². The Bertz CT molecular complexity index is 426. The number of hydrogen-bond acceptors (Lipinski definition) is 2. The fourth-order valence-electron chi connectivity index (χ4n) is 2.24. The smallest absolute Gasteiger partial charge is 0.317 e. The Hall–Kier alpha value is -1.26. The van der Waals surface area contributed by atoms with Crippen molar-refractivity contribution in [2.24, 2.45) is 0 Å². The van der Waals surface area contributed by atoms with Crippen molar-refractivity contribution in [1.29, 1.82) is 0 Å². The first-order chi connectivity index (χ1) is 9.04. The lowest BCUT2D eigenvalue weighted by Crippen LogP contribution is -2.51. The van der Waals surface area contributed by atoms with Gasteiger partial charge in [0.1, 0.15) is 0 Å². The molecule has 1 fully saturated rings. The van der Waals surface area contributed by atoms with Gasteiger partial charge in [0.2, 0.25) is 0 Å². The molecule has 1 saturated heterocycles. The van der Waals surface area contributed by atoms with Crippen molar-refractivity contribution >= 4 is 17.6 Å². The van der Waals surface area contributed by atoms with Gasteiger partial charge in [0.25, 0.3) is 0 Å². The summed E-state index contributed by atoms with van der Waals surface area (Å²) in [6.45, 7) is 5.74. The number of halogens is 1. The first-order valence-electron chi connectivity index (χ1n) is 6.47. The number of urea groups is 1. The molecule has 1 aliphatic rings. The Kier molecular flexibility index (Phi) is 4.66. The lowest BCUT2D eigenvalue weighted by atomic mass is 10.2. The molecule has 2 unspecified atom stereocenters. The summed E-state index contributed by atoms with van der Waals surface area (Å²) < 4.78 is 5.61. The van der Waals surface area contributed by atoms with E-state index in [4.69, 9.17) is 16.3 Å². The molecule has 2 atom stereocenters. The predicted octanol–water partition coefficient (Wildman–Crippen LogP) is 2.66. The Morgan fingerprint density at radius 1 is 1.32 bits per heavy atom. The van der Waals surface area contributed by atoms with Crippen molar-refractivity contribution in [2.45, 2.75) is 32.6 Å². The maximum atomic E-state index is 12.1. The minimum absolute atomic E-state index is 0.0445. The van der Waals surface area contributed by atoms with Crippen molar-refractivity contribution in [1.82, 2.24) is 10.2 Å². The molecule has 1 aromatic carbocycles. The molecule has 5 heteroatoms. The molecule has 104 valence electrons. The predicted molar refractivity (Wildman–Crippen MR) is 75.3 cm³/mol. The summed E-state index contributed by atoms with van der Waals surface area (Å²) in [7, 11) is 0. The summed E-state index contributed by atoms with van der Waals surface area (Å²) in [6.07, 6.45) is 0.176. The standard InChI is InChI=1S/C14H19ClN2O2/c1-10-8-17(9-11(2)19-10)14(18)16-7-12-3-5-13(15)6-4-12/h3-6,10-11H,7-9H2,1-2H3,(H,16,18). The molecule has 0 saturated carbocycles. The topological polar surface area (TPSA) is 41.6 Å². The number of hydrogen-bond donors (Lipinski definition) is 1. The summed E-state index contributed by atoms with van der Waals surface area (Å²) in [5.41, 5.74) is 1.03. The number of carbonyl (C=O) groups excluding carboxylic acids is 1. The van der Waals surface area contributed by atoms with Gasteiger partial charge in [-0.3, -0.25) is 0 Å². The van der Waals surface area contributed by atoms with Gasteiger partial charge in [-0.15, -0.1) is 0 Å². The normalized spacial score (nSPS) is 23.2. The number of rotatable bonds is 2. The quantitative estimate of drug-likeness (QED) is 0.906. The monoisotopic (exact) mass is 282 g/mol. The van der Waals surface area contributed by atoms with Crippen LogP contribution in [0.1, 0.15) is 19.4 Å². The van der Waals surface area contributed by atoms with Gasteiger partial charge in [0.05, 0.1) is 12.2 Å². The van der Waals surface area contributed by atoms with Gasteiger partial charge in [0, 0.05) is 24.7 Å². The highest BCUT2D eigenvalue weighted by Crippen LogP contribution is 2.12. The lowest BCUT2D eigenvalue weighted by molar-refractivity contribution is -0.0545. The third kappa shape index (κ3) is 4.11. The van der Waals surface area contributed by atoms with Gasteiger partial charge < -0.3 is 15.0 Å². The molecule has 4 nitrogen and oxygen atoms in total. The zero-order valence-corrected chi connectivity index (χ0v) is 12.0. The lowest BCUT2D eigenvalue weighted by Gasteiger charge is -2.35. The molecule has 2 rings (SSSR count). The van der Waals surface area contributed by atoms with Crippen molar-refractivity contribution in [3.8, 4) is 0 Å². The van der Waals surface area contributed by atoms with Gasteiger partial charge in [-0.1, -0.05) is 23.7 Å². The molecule has 0 bridgehead atoms. The maximum Gasteiger partial charge on any atom is 0.317 e. The third-order valence-corrected chi connectivity index (χ3v) is 3.32. The number of benzene rings is 1. The minimum atomic E-state index is -0.0445. The van der Waals surface area contributed by atoms with Crippen molar-refractivity contribution in [2.75, 3.05) is 13.1 Å².